The van der Waals surface area contributed by atoms with E-state index in [0.717, 1.165) is 11.6 Å². The van der Waals surface area contributed by atoms with Crippen molar-refractivity contribution in [3.8, 4) is 23.0 Å². The lowest BCUT2D eigenvalue weighted by atomic mass is 9.95. The number of hydrogen-bond acceptors (Lipinski definition) is 8. The average Bonchev–Trinajstić information content (AvgIpc) is 2.93. The molecular formula is C30H23NO8S. The number of phenolic OH excluding ortho intramolecular Hbond substituents is 1. The number of fused-ring (bicyclic) bond motifs is 2. The van der Waals surface area contributed by atoms with Gasteiger partial charge in [-0.25, -0.2) is 0 Å². The lowest BCUT2D eigenvalue weighted by molar-refractivity contribution is 0.0837. The van der Waals surface area contributed by atoms with Gasteiger partial charge in [-0.3, -0.25) is 14.3 Å². The summed E-state index contributed by atoms with van der Waals surface area (Å²) in [6.45, 7) is 0. The van der Waals surface area contributed by atoms with Gasteiger partial charge in [-0.1, -0.05) is 54.6 Å². The summed E-state index contributed by atoms with van der Waals surface area (Å²) in [5, 5.41) is 10.5. The van der Waals surface area contributed by atoms with E-state index in [1.54, 1.807) is 36.4 Å². The maximum Gasteiger partial charge on any atom is 0.407 e. The third-order valence-corrected chi connectivity index (χ3v) is 7.60. The summed E-state index contributed by atoms with van der Waals surface area (Å²) in [7, 11) is -4.38. The number of carbonyl (C=O) groups is 2. The molecule has 202 valence electrons. The normalized spacial score (nSPS) is 18.1. The lowest BCUT2D eigenvalue weighted by Crippen LogP contribution is -2.22. The van der Waals surface area contributed by atoms with E-state index in [1.807, 2.05) is 30.3 Å². The Kier molecular flexibility index (Phi) is 6.39. The van der Waals surface area contributed by atoms with Crippen molar-refractivity contribution in [2.45, 2.75) is 25.0 Å². The first-order valence-electron chi connectivity index (χ1n) is 12.5. The van der Waals surface area contributed by atoms with Crippen LogP contribution in [0.15, 0.2) is 91.0 Å². The molecule has 0 aliphatic carbocycles. The molecule has 0 radical (unpaired) electrons. The Morgan fingerprint density at radius 3 is 2.12 bits per heavy atom. The molecule has 4 aromatic rings. The van der Waals surface area contributed by atoms with Gasteiger partial charge < -0.3 is 18.8 Å². The van der Waals surface area contributed by atoms with Crippen LogP contribution in [0.3, 0.4) is 0 Å². The minimum Gasteiger partial charge on any atom is -0.507 e. The quantitative estimate of drug-likeness (QED) is 0.316. The summed E-state index contributed by atoms with van der Waals surface area (Å²) in [6, 6.07) is 24.9. The highest BCUT2D eigenvalue weighted by Crippen LogP contribution is 2.42. The van der Waals surface area contributed by atoms with Gasteiger partial charge in [0.15, 0.2) is 17.3 Å². The summed E-state index contributed by atoms with van der Waals surface area (Å²) in [5.41, 5.74) is 2.22. The molecule has 2 aliphatic rings. The van der Waals surface area contributed by atoms with Gasteiger partial charge in [0, 0.05) is 12.1 Å². The van der Waals surface area contributed by atoms with Crippen LogP contribution in [-0.4, -0.2) is 25.1 Å². The fourth-order valence-electron chi connectivity index (χ4n) is 4.83. The molecule has 9 nitrogen and oxygen atoms in total. The van der Waals surface area contributed by atoms with Crippen LogP contribution in [0.4, 0.5) is 5.69 Å². The second kappa shape index (κ2) is 10.0. The van der Waals surface area contributed by atoms with Crippen molar-refractivity contribution >= 4 is 27.6 Å². The molecule has 0 amide bonds. The van der Waals surface area contributed by atoms with E-state index < -0.39 is 28.3 Å². The molecule has 6 rings (SSSR count). The molecule has 2 unspecified atom stereocenters. The first-order valence-corrected chi connectivity index (χ1v) is 13.9. The molecule has 10 heteroatoms. The average molecular weight is 558 g/mol. The summed E-state index contributed by atoms with van der Waals surface area (Å²) in [5.74, 6) is -0.479. The van der Waals surface area contributed by atoms with Crippen LogP contribution in [0.2, 0.25) is 0 Å². The largest absolute Gasteiger partial charge is 0.507 e. The van der Waals surface area contributed by atoms with Gasteiger partial charge in [-0.05, 0) is 35.4 Å². The third kappa shape index (κ3) is 5.08. The molecule has 2 heterocycles. The van der Waals surface area contributed by atoms with Crippen LogP contribution in [0.25, 0.3) is 0 Å². The fraction of sp³-hybridized carbons (Fsp3) is 0.133. The molecule has 4 aromatic carbocycles. The minimum atomic E-state index is -4.38. The van der Waals surface area contributed by atoms with Gasteiger partial charge in [0.25, 0.3) is 0 Å². The van der Waals surface area contributed by atoms with E-state index in [-0.39, 0.29) is 47.2 Å². The number of Topliss-reactive ketones (excluding diaryl/α,β-unsaturated/α-hetero) is 2. The lowest BCUT2D eigenvalue weighted by Gasteiger charge is -2.26. The van der Waals surface area contributed by atoms with Crippen LogP contribution in [-0.2, 0) is 10.3 Å². The smallest absolute Gasteiger partial charge is 0.407 e. The number of para-hydroxylation sites is 1. The molecular weight excluding hydrogens is 534 g/mol. The predicted octanol–water partition coefficient (Wildman–Crippen LogP) is 5.54. The third-order valence-electron chi connectivity index (χ3n) is 6.70. The molecule has 2 N–H and O–H groups in total. The molecule has 2 aliphatic heterocycles. The van der Waals surface area contributed by atoms with Gasteiger partial charge >= 0.3 is 10.3 Å². The Morgan fingerprint density at radius 1 is 0.750 bits per heavy atom. The number of nitrogens with one attached hydrogen (secondary N) is 1. The molecule has 0 bridgehead atoms. The first-order chi connectivity index (χ1) is 19.3. The first kappa shape index (κ1) is 25.4. The van der Waals surface area contributed by atoms with Crippen molar-refractivity contribution in [2.24, 2.45) is 0 Å². The SMILES string of the molecule is O=C1CC(c2ccc(NS(=O)(=O)Oc3cc(O)c4c(c3)OC(c3ccccc3)CC4=O)cc2)Oc2ccccc21. The standard InChI is InChI=1S/C30H23NO8S/c32-23-16-27(37-26-9-5-4-8-22(23)26)19-10-12-20(13-11-19)31-40(35,36)39-21-14-24(33)30-25(34)17-28(38-29(30)15-21)18-6-2-1-3-7-18/h1-15,27-28,31,33H,16-17H2. The second-order valence-corrected chi connectivity index (χ2v) is 10.7. The van der Waals surface area contributed by atoms with Crippen molar-refractivity contribution in [3.05, 3.63) is 113 Å². The van der Waals surface area contributed by atoms with Crippen molar-refractivity contribution in [2.75, 3.05) is 4.72 Å². The second-order valence-electron chi connectivity index (χ2n) is 9.45. The zero-order valence-corrected chi connectivity index (χ0v) is 21.8. The number of ether oxygens (including phenoxy) is 2. The monoisotopic (exact) mass is 557 g/mol. The number of aromatic hydroxyl groups is 1. The molecule has 2 atom stereocenters. The molecule has 40 heavy (non-hydrogen) atoms. The van der Waals surface area contributed by atoms with Crippen molar-refractivity contribution in [1.82, 2.24) is 0 Å². The molecule has 0 spiro atoms. The number of ketones is 2. The van der Waals surface area contributed by atoms with E-state index in [0.29, 0.717) is 16.9 Å². The Morgan fingerprint density at radius 2 is 1.38 bits per heavy atom. The van der Waals surface area contributed by atoms with E-state index in [9.17, 15) is 23.1 Å². The molecule has 0 saturated carbocycles. The van der Waals surface area contributed by atoms with Crippen molar-refractivity contribution in [3.63, 3.8) is 0 Å². The van der Waals surface area contributed by atoms with E-state index in [4.69, 9.17) is 13.7 Å². The Labute approximate surface area is 230 Å². The number of rotatable bonds is 6. The summed E-state index contributed by atoms with van der Waals surface area (Å²) in [6.07, 6.45) is -0.873. The van der Waals surface area contributed by atoms with E-state index >= 15 is 0 Å². The van der Waals surface area contributed by atoms with Crippen LogP contribution in [0, 0.1) is 0 Å². The highest BCUT2D eigenvalue weighted by Gasteiger charge is 2.32. The number of carbonyl (C=O) groups excluding carboxylic acids is 2. The van der Waals surface area contributed by atoms with Gasteiger partial charge in [0.1, 0.15) is 35.0 Å². The Balaban J connectivity index is 1.16. The zero-order chi connectivity index (χ0) is 27.9. The predicted molar refractivity (Wildman–Crippen MR) is 145 cm³/mol. The van der Waals surface area contributed by atoms with Gasteiger partial charge in [-0.2, -0.15) is 8.42 Å². The minimum absolute atomic E-state index is 0.0217. The molecule has 0 fully saturated rings. The van der Waals surface area contributed by atoms with E-state index in [2.05, 4.69) is 4.72 Å². The Hall–Kier alpha value is -4.83. The highest BCUT2D eigenvalue weighted by atomic mass is 32.2. The van der Waals surface area contributed by atoms with E-state index in [1.165, 1.54) is 18.2 Å². The van der Waals surface area contributed by atoms with Crippen LogP contribution >= 0.6 is 0 Å². The summed E-state index contributed by atoms with van der Waals surface area (Å²) >= 11 is 0. The number of benzene rings is 4. The summed E-state index contributed by atoms with van der Waals surface area (Å²) < 4.78 is 44.9. The van der Waals surface area contributed by atoms with Gasteiger partial charge in [-0.15, -0.1) is 0 Å². The van der Waals surface area contributed by atoms with Crippen molar-refractivity contribution < 1.29 is 36.8 Å². The van der Waals surface area contributed by atoms with Crippen LogP contribution < -0.4 is 18.4 Å². The fourth-order valence-corrected chi connectivity index (χ4v) is 5.65. The van der Waals surface area contributed by atoms with Gasteiger partial charge in [0.05, 0.1) is 24.1 Å². The summed E-state index contributed by atoms with van der Waals surface area (Å²) in [4.78, 5) is 25.2. The van der Waals surface area contributed by atoms with Crippen LogP contribution in [0.5, 0.6) is 23.0 Å². The Bertz CT molecular complexity index is 1720. The molecule has 0 aromatic heterocycles. The molecule has 0 saturated heterocycles. The zero-order valence-electron chi connectivity index (χ0n) is 20.9. The van der Waals surface area contributed by atoms with Crippen molar-refractivity contribution in [1.29, 1.82) is 0 Å². The maximum absolute atomic E-state index is 12.8. The number of hydrogen-bond donors (Lipinski definition) is 2. The van der Waals surface area contributed by atoms with Crippen LogP contribution in [0.1, 0.15) is 56.9 Å². The number of anilines is 1. The maximum atomic E-state index is 12.8. The van der Waals surface area contributed by atoms with Gasteiger partial charge in [0.2, 0.25) is 0 Å². The number of phenols is 1. The topological polar surface area (TPSA) is 128 Å². The highest BCUT2D eigenvalue weighted by molar-refractivity contribution is 7.88.